The van der Waals surface area contributed by atoms with Gasteiger partial charge in [0.1, 0.15) is 6.04 Å². The minimum absolute atomic E-state index is 0.188. The molecule has 0 fully saturated rings. The molecule has 1 atom stereocenters. The molecule has 4 rings (SSSR count). The van der Waals surface area contributed by atoms with Crippen molar-refractivity contribution in [1.82, 2.24) is 5.32 Å². The molecule has 3 aromatic rings. The van der Waals surface area contributed by atoms with Crippen LogP contribution in [-0.2, 0) is 20.7 Å². The van der Waals surface area contributed by atoms with Crippen LogP contribution in [0.2, 0.25) is 0 Å². The summed E-state index contributed by atoms with van der Waals surface area (Å²) in [4.78, 5) is 25.9. The molecule has 3 aromatic carbocycles. The van der Waals surface area contributed by atoms with Crippen molar-refractivity contribution in [2.75, 3.05) is 7.11 Å². The lowest BCUT2D eigenvalue weighted by molar-refractivity contribution is -0.145. The van der Waals surface area contributed by atoms with Crippen LogP contribution in [0.25, 0.3) is 11.1 Å². The van der Waals surface area contributed by atoms with Crippen molar-refractivity contribution < 1.29 is 14.3 Å². The molecule has 1 amide bonds. The number of fused-ring (bicyclic) bond motifs is 3. The summed E-state index contributed by atoms with van der Waals surface area (Å²) in [6, 6.07) is 21.2. The first-order valence-corrected chi connectivity index (χ1v) is 10.1. The molecule has 30 heavy (non-hydrogen) atoms. The molecule has 0 heterocycles. The van der Waals surface area contributed by atoms with Crippen molar-refractivity contribution in [2.24, 2.45) is 0 Å². The lowest BCUT2D eigenvalue weighted by atomic mass is 9.95. The molecular weight excluding hydrogens is 374 g/mol. The zero-order valence-electron chi connectivity index (χ0n) is 17.4. The lowest BCUT2D eigenvalue weighted by Gasteiger charge is -2.20. The standard InChI is InChI=1S/C26H25NO3/c1-16-12-13-18(14-17(16)2)15-23(26(29)30-3)27-25(28)24-21-10-6-4-8-19(21)20-9-5-7-11-22(20)24/h4-14,23-24H,15H2,1-3H3,(H,27,28)/t23-/m0/s1. The predicted octanol–water partition coefficient (Wildman–Crippen LogP) is 4.32. The Morgan fingerprint density at radius 3 is 2.07 bits per heavy atom. The number of esters is 1. The van der Waals surface area contributed by atoms with E-state index in [0.717, 1.165) is 33.4 Å². The molecule has 0 spiro atoms. The van der Waals surface area contributed by atoms with E-state index >= 15 is 0 Å². The molecule has 152 valence electrons. The summed E-state index contributed by atoms with van der Waals surface area (Å²) in [7, 11) is 1.35. The number of aryl methyl sites for hydroxylation is 2. The van der Waals surface area contributed by atoms with E-state index in [1.807, 2.05) is 74.5 Å². The van der Waals surface area contributed by atoms with Gasteiger partial charge in [0.15, 0.2) is 0 Å². The third-order valence-corrected chi connectivity index (χ3v) is 5.91. The highest BCUT2D eigenvalue weighted by Crippen LogP contribution is 2.44. The quantitative estimate of drug-likeness (QED) is 0.650. The molecule has 0 unspecified atom stereocenters. The Labute approximate surface area is 176 Å². The number of carbonyl (C=O) groups excluding carboxylic acids is 2. The van der Waals surface area contributed by atoms with Crippen LogP contribution in [0.15, 0.2) is 66.7 Å². The molecule has 1 aliphatic carbocycles. The van der Waals surface area contributed by atoms with Gasteiger partial charge in [-0.2, -0.15) is 0 Å². The number of ether oxygens (including phenoxy) is 1. The van der Waals surface area contributed by atoms with Gasteiger partial charge in [-0.15, -0.1) is 0 Å². The molecule has 0 saturated carbocycles. The normalized spacial score (nSPS) is 13.3. The maximum Gasteiger partial charge on any atom is 0.328 e. The fourth-order valence-electron chi connectivity index (χ4n) is 4.19. The SMILES string of the molecule is COC(=O)[C@H](Cc1ccc(C)c(C)c1)NC(=O)C1c2ccccc2-c2ccccc21. The number of methoxy groups -OCH3 is 1. The summed E-state index contributed by atoms with van der Waals surface area (Å²) in [6.45, 7) is 4.09. The number of hydrogen-bond donors (Lipinski definition) is 1. The average molecular weight is 399 g/mol. The molecule has 0 saturated heterocycles. The van der Waals surface area contributed by atoms with E-state index in [2.05, 4.69) is 11.4 Å². The van der Waals surface area contributed by atoms with E-state index in [4.69, 9.17) is 4.74 Å². The maximum atomic E-state index is 13.4. The van der Waals surface area contributed by atoms with E-state index in [0.29, 0.717) is 6.42 Å². The second-order valence-electron chi connectivity index (χ2n) is 7.81. The minimum Gasteiger partial charge on any atom is -0.467 e. The zero-order valence-corrected chi connectivity index (χ0v) is 17.4. The molecule has 1 N–H and O–H groups in total. The zero-order chi connectivity index (χ0) is 21.3. The second-order valence-corrected chi connectivity index (χ2v) is 7.81. The van der Waals surface area contributed by atoms with Crippen LogP contribution in [-0.4, -0.2) is 25.0 Å². The van der Waals surface area contributed by atoms with E-state index in [1.165, 1.54) is 12.7 Å². The Kier molecular flexibility index (Phi) is 5.40. The first kappa shape index (κ1) is 19.9. The number of benzene rings is 3. The number of nitrogens with one attached hydrogen (secondary N) is 1. The molecule has 0 aromatic heterocycles. The van der Waals surface area contributed by atoms with Crippen molar-refractivity contribution >= 4 is 11.9 Å². The van der Waals surface area contributed by atoms with Gasteiger partial charge in [0.2, 0.25) is 5.91 Å². The van der Waals surface area contributed by atoms with Crippen molar-refractivity contribution in [3.8, 4) is 11.1 Å². The van der Waals surface area contributed by atoms with Crippen LogP contribution in [0.3, 0.4) is 0 Å². The highest BCUT2D eigenvalue weighted by molar-refractivity contribution is 5.97. The summed E-state index contributed by atoms with van der Waals surface area (Å²) in [5.41, 5.74) is 7.39. The fraction of sp³-hybridized carbons (Fsp3) is 0.231. The number of hydrogen-bond acceptors (Lipinski definition) is 3. The maximum absolute atomic E-state index is 13.4. The van der Waals surface area contributed by atoms with Gasteiger partial charge < -0.3 is 10.1 Å². The van der Waals surface area contributed by atoms with Gasteiger partial charge in [-0.25, -0.2) is 4.79 Å². The van der Waals surface area contributed by atoms with E-state index in [-0.39, 0.29) is 5.91 Å². The summed E-state index contributed by atoms with van der Waals surface area (Å²) in [6.07, 6.45) is 0.384. The van der Waals surface area contributed by atoms with Gasteiger partial charge in [0.05, 0.1) is 13.0 Å². The molecule has 4 heteroatoms. The van der Waals surface area contributed by atoms with Crippen LogP contribution in [0.5, 0.6) is 0 Å². The monoisotopic (exact) mass is 399 g/mol. The first-order valence-electron chi connectivity index (χ1n) is 10.1. The van der Waals surface area contributed by atoms with Crippen LogP contribution < -0.4 is 5.32 Å². The van der Waals surface area contributed by atoms with Gasteiger partial charge in [-0.05, 0) is 52.8 Å². The van der Waals surface area contributed by atoms with Gasteiger partial charge in [-0.3, -0.25) is 4.79 Å². The van der Waals surface area contributed by atoms with Crippen molar-refractivity contribution in [3.63, 3.8) is 0 Å². The van der Waals surface area contributed by atoms with Crippen molar-refractivity contribution in [2.45, 2.75) is 32.2 Å². The van der Waals surface area contributed by atoms with Crippen molar-refractivity contribution in [3.05, 3.63) is 94.5 Å². The molecule has 1 aliphatic rings. The van der Waals surface area contributed by atoms with Crippen LogP contribution in [0.1, 0.15) is 33.7 Å². The Hall–Kier alpha value is -3.40. The van der Waals surface area contributed by atoms with E-state index in [1.54, 1.807) is 0 Å². The molecular formula is C26H25NO3. The van der Waals surface area contributed by atoms with Crippen LogP contribution in [0.4, 0.5) is 0 Å². The van der Waals surface area contributed by atoms with Gasteiger partial charge in [-0.1, -0.05) is 66.7 Å². The smallest absolute Gasteiger partial charge is 0.328 e. The predicted molar refractivity (Wildman–Crippen MR) is 117 cm³/mol. The average Bonchev–Trinajstić information content (AvgIpc) is 3.10. The Bertz CT molecular complexity index is 1070. The highest BCUT2D eigenvalue weighted by Gasteiger charge is 2.35. The van der Waals surface area contributed by atoms with E-state index < -0.39 is 17.9 Å². The third-order valence-electron chi connectivity index (χ3n) is 5.91. The van der Waals surface area contributed by atoms with Gasteiger partial charge in [0.25, 0.3) is 0 Å². The summed E-state index contributed by atoms with van der Waals surface area (Å²) < 4.78 is 4.99. The lowest BCUT2D eigenvalue weighted by Crippen LogP contribution is -2.45. The van der Waals surface area contributed by atoms with Crippen molar-refractivity contribution in [1.29, 1.82) is 0 Å². The number of rotatable bonds is 5. The first-order chi connectivity index (χ1) is 14.5. The molecule has 4 nitrogen and oxygen atoms in total. The third kappa shape index (κ3) is 3.61. The summed E-state index contributed by atoms with van der Waals surface area (Å²) >= 11 is 0. The molecule has 0 bridgehead atoms. The summed E-state index contributed by atoms with van der Waals surface area (Å²) in [5.74, 6) is -1.07. The Morgan fingerprint density at radius 2 is 1.50 bits per heavy atom. The van der Waals surface area contributed by atoms with Crippen LogP contribution in [0, 0.1) is 13.8 Å². The fourth-order valence-corrected chi connectivity index (χ4v) is 4.19. The number of carbonyl (C=O) groups is 2. The molecule has 0 radical (unpaired) electrons. The number of amides is 1. The van der Waals surface area contributed by atoms with Gasteiger partial charge >= 0.3 is 5.97 Å². The Morgan fingerprint density at radius 1 is 0.900 bits per heavy atom. The topological polar surface area (TPSA) is 55.4 Å². The van der Waals surface area contributed by atoms with Crippen LogP contribution >= 0.6 is 0 Å². The van der Waals surface area contributed by atoms with Gasteiger partial charge in [0, 0.05) is 6.42 Å². The second kappa shape index (κ2) is 8.15. The Balaban J connectivity index is 1.63. The largest absolute Gasteiger partial charge is 0.467 e. The molecule has 0 aliphatic heterocycles. The van der Waals surface area contributed by atoms with E-state index in [9.17, 15) is 9.59 Å². The highest BCUT2D eigenvalue weighted by atomic mass is 16.5. The minimum atomic E-state index is -0.746. The summed E-state index contributed by atoms with van der Waals surface area (Å²) in [5, 5.41) is 2.96.